The first-order valence-corrected chi connectivity index (χ1v) is 9.17. The number of aryl methyl sites for hydroxylation is 2. The standard InChI is InChI=1S/C20H18N4OS/c1-14-21-19-17(4-3-5-18(19)26-14)20(25)22-16-8-6-15(7-9-16)12-24-11-10-23(2)13-24/h3-11,13H,12H2,1-2H3/p+1. The summed E-state index contributed by atoms with van der Waals surface area (Å²) in [4.78, 5) is 17.2. The molecule has 0 unspecified atom stereocenters. The van der Waals surface area contributed by atoms with Crippen LogP contribution >= 0.6 is 11.3 Å². The van der Waals surface area contributed by atoms with Gasteiger partial charge in [0.1, 0.15) is 18.9 Å². The van der Waals surface area contributed by atoms with E-state index in [0.717, 1.165) is 27.5 Å². The summed E-state index contributed by atoms with van der Waals surface area (Å²) in [5, 5.41) is 3.93. The average Bonchev–Trinajstić information content (AvgIpc) is 3.20. The summed E-state index contributed by atoms with van der Waals surface area (Å²) in [6.07, 6.45) is 6.08. The van der Waals surface area contributed by atoms with Gasteiger partial charge in [0, 0.05) is 5.69 Å². The summed E-state index contributed by atoms with van der Waals surface area (Å²) in [5.41, 5.74) is 3.33. The van der Waals surface area contributed by atoms with Crippen molar-refractivity contribution in [3.05, 3.63) is 77.3 Å². The van der Waals surface area contributed by atoms with Crippen LogP contribution in [0.15, 0.2) is 61.2 Å². The highest BCUT2D eigenvalue weighted by molar-refractivity contribution is 7.18. The molecule has 0 radical (unpaired) electrons. The predicted octanol–water partition coefficient (Wildman–Crippen LogP) is 3.53. The molecule has 2 aromatic heterocycles. The van der Waals surface area contributed by atoms with Crippen molar-refractivity contribution < 1.29 is 9.36 Å². The number of nitrogens with zero attached hydrogens (tertiary/aromatic N) is 3. The van der Waals surface area contributed by atoms with Crippen molar-refractivity contribution in [1.82, 2.24) is 9.55 Å². The first-order valence-electron chi connectivity index (χ1n) is 8.36. The van der Waals surface area contributed by atoms with Crippen LogP contribution in [0.2, 0.25) is 0 Å². The summed E-state index contributed by atoms with van der Waals surface area (Å²) in [5.74, 6) is -0.133. The number of benzene rings is 2. The Bertz CT molecular complexity index is 1080. The Labute approximate surface area is 155 Å². The molecule has 0 fully saturated rings. The second-order valence-electron chi connectivity index (χ2n) is 6.29. The zero-order chi connectivity index (χ0) is 18.1. The second kappa shape index (κ2) is 6.72. The van der Waals surface area contributed by atoms with Crippen LogP contribution in [0.25, 0.3) is 10.2 Å². The van der Waals surface area contributed by atoms with Crippen LogP contribution in [0.5, 0.6) is 0 Å². The van der Waals surface area contributed by atoms with E-state index in [9.17, 15) is 4.79 Å². The van der Waals surface area contributed by atoms with Crippen molar-refractivity contribution in [3.63, 3.8) is 0 Å². The van der Waals surface area contributed by atoms with E-state index in [0.29, 0.717) is 5.56 Å². The Morgan fingerprint density at radius 3 is 2.77 bits per heavy atom. The molecule has 0 spiro atoms. The SMILES string of the molecule is Cc1nc2c(C(=O)Nc3ccc(Cn4cc[n+](C)c4)cc3)cccc2s1. The number of anilines is 1. The van der Waals surface area contributed by atoms with Gasteiger partial charge < -0.3 is 5.32 Å². The lowest BCUT2D eigenvalue weighted by molar-refractivity contribution is -0.671. The monoisotopic (exact) mass is 363 g/mol. The number of carbonyl (C=O) groups is 1. The van der Waals surface area contributed by atoms with E-state index < -0.39 is 0 Å². The number of para-hydroxylation sites is 1. The molecule has 6 heteroatoms. The fraction of sp³-hybridized carbons (Fsp3) is 0.150. The van der Waals surface area contributed by atoms with Crippen molar-refractivity contribution in [1.29, 1.82) is 0 Å². The summed E-state index contributed by atoms with van der Waals surface area (Å²) >= 11 is 1.60. The number of imidazole rings is 1. The molecule has 0 bridgehead atoms. The lowest BCUT2D eigenvalue weighted by Crippen LogP contribution is -2.23. The largest absolute Gasteiger partial charge is 0.322 e. The minimum atomic E-state index is -0.133. The Hall–Kier alpha value is -2.99. The molecule has 0 atom stereocenters. The fourth-order valence-corrected chi connectivity index (χ4v) is 3.79. The fourth-order valence-electron chi connectivity index (χ4n) is 2.94. The number of rotatable bonds is 4. The zero-order valence-corrected chi connectivity index (χ0v) is 15.5. The third kappa shape index (κ3) is 3.36. The number of fused-ring (bicyclic) bond motifs is 1. The number of nitrogens with one attached hydrogen (secondary N) is 1. The van der Waals surface area contributed by atoms with E-state index in [-0.39, 0.29) is 5.91 Å². The number of carbonyl (C=O) groups excluding carboxylic acids is 1. The molecule has 2 aromatic carbocycles. The first-order chi connectivity index (χ1) is 12.6. The zero-order valence-electron chi connectivity index (χ0n) is 14.6. The summed E-state index contributed by atoms with van der Waals surface area (Å²) in [7, 11) is 2.00. The number of aromatic nitrogens is 3. The molecule has 2 heterocycles. The highest BCUT2D eigenvalue weighted by Crippen LogP contribution is 2.25. The third-order valence-electron chi connectivity index (χ3n) is 4.17. The molecule has 0 aliphatic rings. The van der Waals surface area contributed by atoms with Crippen LogP contribution < -0.4 is 9.88 Å². The molecular weight excluding hydrogens is 344 g/mol. The van der Waals surface area contributed by atoms with Crippen LogP contribution in [0.1, 0.15) is 20.9 Å². The highest BCUT2D eigenvalue weighted by atomic mass is 32.1. The minimum absolute atomic E-state index is 0.133. The second-order valence-corrected chi connectivity index (χ2v) is 7.52. The van der Waals surface area contributed by atoms with Gasteiger partial charge in [-0.05, 0) is 36.8 Å². The van der Waals surface area contributed by atoms with Crippen LogP contribution in [0, 0.1) is 6.92 Å². The van der Waals surface area contributed by atoms with Gasteiger partial charge in [-0.15, -0.1) is 11.3 Å². The first kappa shape index (κ1) is 16.5. The number of thiazole rings is 1. The Morgan fingerprint density at radius 1 is 1.23 bits per heavy atom. The van der Waals surface area contributed by atoms with E-state index in [2.05, 4.69) is 14.9 Å². The van der Waals surface area contributed by atoms with E-state index in [1.165, 1.54) is 5.56 Å². The minimum Gasteiger partial charge on any atom is -0.322 e. The van der Waals surface area contributed by atoms with Crippen molar-refractivity contribution >= 4 is 33.1 Å². The van der Waals surface area contributed by atoms with Gasteiger partial charge in [0.2, 0.25) is 6.33 Å². The van der Waals surface area contributed by atoms with Crippen molar-refractivity contribution in [2.24, 2.45) is 7.05 Å². The topological polar surface area (TPSA) is 50.8 Å². The molecule has 1 amide bonds. The molecule has 0 saturated heterocycles. The maximum atomic E-state index is 12.7. The Morgan fingerprint density at radius 2 is 2.04 bits per heavy atom. The number of hydrogen-bond acceptors (Lipinski definition) is 3. The molecule has 5 nitrogen and oxygen atoms in total. The van der Waals surface area contributed by atoms with Gasteiger partial charge in [0.05, 0.1) is 27.8 Å². The van der Waals surface area contributed by atoms with Crippen molar-refractivity contribution in [2.75, 3.05) is 5.32 Å². The molecule has 0 aliphatic heterocycles. The maximum absolute atomic E-state index is 12.7. The predicted molar refractivity (Wildman–Crippen MR) is 103 cm³/mol. The van der Waals surface area contributed by atoms with Crippen LogP contribution in [0.3, 0.4) is 0 Å². The summed E-state index contributed by atoms with van der Waals surface area (Å²) < 4.78 is 5.15. The van der Waals surface area contributed by atoms with Crippen LogP contribution in [-0.2, 0) is 13.6 Å². The molecule has 26 heavy (non-hydrogen) atoms. The summed E-state index contributed by atoms with van der Waals surface area (Å²) in [6.45, 7) is 2.75. The Kier molecular flexibility index (Phi) is 4.26. The number of hydrogen-bond donors (Lipinski definition) is 1. The smallest absolute Gasteiger partial charge is 0.257 e. The van der Waals surface area contributed by atoms with Crippen molar-refractivity contribution in [2.45, 2.75) is 13.5 Å². The molecule has 0 saturated carbocycles. The van der Waals surface area contributed by atoms with E-state index in [1.807, 2.05) is 79.7 Å². The summed E-state index contributed by atoms with van der Waals surface area (Å²) in [6, 6.07) is 13.6. The van der Waals surface area contributed by atoms with Crippen LogP contribution in [-0.4, -0.2) is 15.5 Å². The lowest BCUT2D eigenvalue weighted by Gasteiger charge is -2.07. The lowest BCUT2D eigenvalue weighted by atomic mass is 10.1. The normalized spacial score (nSPS) is 11.0. The Balaban J connectivity index is 1.50. The molecule has 4 rings (SSSR count). The van der Waals surface area contributed by atoms with Gasteiger partial charge in [-0.2, -0.15) is 0 Å². The third-order valence-corrected chi connectivity index (χ3v) is 5.11. The maximum Gasteiger partial charge on any atom is 0.257 e. The average molecular weight is 363 g/mol. The molecule has 1 N–H and O–H groups in total. The van der Waals surface area contributed by atoms with E-state index >= 15 is 0 Å². The van der Waals surface area contributed by atoms with E-state index in [4.69, 9.17) is 0 Å². The molecule has 4 aromatic rings. The van der Waals surface area contributed by atoms with Gasteiger partial charge in [0.25, 0.3) is 5.91 Å². The van der Waals surface area contributed by atoms with E-state index in [1.54, 1.807) is 11.3 Å². The van der Waals surface area contributed by atoms with Gasteiger partial charge >= 0.3 is 0 Å². The molecular formula is C20H19N4OS+. The molecule has 0 aliphatic carbocycles. The highest BCUT2D eigenvalue weighted by Gasteiger charge is 2.13. The molecule has 130 valence electrons. The van der Waals surface area contributed by atoms with Crippen molar-refractivity contribution in [3.8, 4) is 0 Å². The van der Waals surface area contributed by atoms with Gasteiger partial charge in [-0.1, -0.05) is 18.2 Å². The van der Waals surface area contributed by atoms with Gasteiger partial charge in [-0.3, -0.25) is 4.79 Å². The van der Waals surface area contributed by atoms with Crippen LogP contribution in [0.4, 0.5) is 5.69 Å². The van der Waals surface area contributed by atoms with Gasteiger partial charge in [-0.25, -0.2) is 14.1 Å². The van der Waals surface area contributed by atoms with Gasteiger partial charge in [0.15, 0.2) is 0 Å². The number of amides is 1. The quantitative estimate of drug-likeness (QED) is 0.564.